The van der Waals surface area contributed by atoms with E-state index >= 15 is 0 Å². The average molecular weight is 548 g/mol. The number of anilines is 1. The summed E-state index contributed by atoms with van der Waals surface area (Å²) >= 11 is 0. The van der Waals surface area contributed by atoms with E-state index in [4.69, 9.17) is 13.9 Å². The lowest BCUT2D eigenvalue weighted by atomic mass is 10.0. The van der Waals surface area contributed by atoms with Crippen molar-refractivity contribution in [3.8, 4) is 22.9 Å². The second-order valence-electron chi connectivity index (χ2n) is 8.96. The van der Waals surface area contributed by atoms with Gasteiger partial charge in [0, 0.05) is 41.6 Å². The number of hydrogen-bond acceptors (Lipinski definition) is 7. The maximum Gasteiger partial charge on any atom is 0.416 e. The second-order valence-corrected chi connectivity index (χ2v) is 8.96. The normalized spacial score (nSPS) is 11.4. The Morgan fingerprint density at radius 3 is 2.45 bits per heavy atom. The molecule has 0 fully saturated rings. The van der Waals surface area contributed by atoms with Crippen LogP contribution >= 0.6 is 0 Å². The third-order valence-corrected chi connectivity index (χ3v) is 6.32. The predicted octanol–water partition coefficient (Wildman–Crippen LogP) is 6.96. The molecule has 5 rings (SSSR count). The van der Waals surface area contributed by atoms with E-state index in [9.17, 15) is 18.0 Å². The Balaban J connectivity index is 1.46. The van der Waals surface area contributed by atoms with E-state index in [1.807, 2.05) is 24.3 Å². The lowest BCUT2D eigenvalue weighted by molar-refractivity contribution is -0.137. The number of benzene rings is 3. The molecule has 0 unspecified atom stereocenters. The number of nitrogens with one attached hydrogen (secondary N) is 1. The molecular weight excluding hydrogens is 523 g/mol. The largest absolute Gasteiger partial charge is 0.497 e. The number of rotatable bonds is 9. The van der Waals surface area contributed by atoms with Gasteiger partial charge in [-0.1, -0.05) is 12.1 Å². The van der Waals surface area contributed by atoms with Crippen LogP contribution in [0, 0.1) is 0 Å². The van der Waals surface area contributed by atoms with E-state index in [-0.39, 0.29) is 17.9 Å². The molecule has 10 heteroatoms. The van der Waals surface area contributed by atoms with E-state index in [0.717, 1.165) is 23.1 Å². The highest BCUT2D eigenvalue weighted by Crippen LogP contribution is 2.30. The monoisotopic (exact) mass is 547 g/mol. The number of nitrogens with zero attached hydrogens (tertiary/aromatic N) is 2. The predicted molar refractivity (Wildman–Crippen MR) is 144 cm³/mol. The van der Waals surface area contributed by atoms with Crippen molar-refractivity contribution < 1.29 is 31.9 Å². The maximum absolute atomic E-state index is 13.3. The van der Waals surface area contributed by atoms with Crippen LogP contribution in [-0.4, -0.2) is 30.0 Å². The number of carbonyl (C=O) groups excluding carboxylic acids is 1. The smallest absolute Gasteiger partial charge is 0.416 e. The number of ketones is 1. The fourth-order valence-corrected chi connectivity index (χ4v) is 4.19. The highest BCUT2D eigenvalue weighted by Gasteiger charge is 2.30. The van der Waals surface area contributed by atoms with Crippen molar-refractivity contribution in [2.75, 3.05) is 19.5 Å². The Kier molecular flexibility index (Phi) is 7.41. The van der Waals surface area contributed by atoms with Gasteiger partial charge >= 0.3 is 6.18 Å². The Morgan fingerprint density at radius 1 is 0.925 bits per heavy atom. The number of alkyl halides is 3. The van der Waals surface area contributed by atoms with Crippen LogP contribution in [0.4, 0.5) is 19.0 Å². The first-order chi connectivity index (χ1) is 19.2. The van der Waals surface area contributed by atoms with Crippen molar-refractivity contribution >= 4 is 22.6 Å². The summed E-state index contributed by atoms with van der Waals surface area (Å²) in [5.74, 6) is 1.61. The molecule has 0 bridgehead atoms. The van der Waals surface area contributed by atoms with Crippen molar-refractivity contribution in [3.05, 3.63) is 101 Å². The fraction of sp³-hybridized carbons (Fsp3) is 0.167. The van der Waals surface area contributed by atoms with Crippen molar-refractivity contribution in [2.45, 2.75) is 19.1 Å². The van der Waals surface area contributed by atoms with Gasteiger partial charge in [0.15, 0.2) is 11.6 Å². The van der Waals surface area contributed by atoms with Crippen LogP contribution in [0.25, 0.3) is 22.4 Å². The number of Topliss-reactive ketones (excluding diaryl/α,β-unsaturated/α-hetero) is 1. The van der Waals surface area contributed by atoms with Crippen LogP contribution in [0.2, 0.25) is 0 Å². The van der Waals surface area contributed by atoms with Crippen molar-refractivity contribution in [1.82, 2.24) is 9.97 Å². The zero-order chi connectivity index (χ0) is 28.3. The first-order valence-electron chi connectivity index (χ1n) is 12.2. The summed E-state index contributed by atoms with van der Waals surface area (Å²) in [6.07, 6.45) is -3.00. The molecule has 0 radical (unpaired) electrons. The SMILES string of the molecule is COc1ccc(CNc2cc(C(=O)Cc3ccc(C(F)(F)F)cc3)nc(-c3ccc4occc4c3)n2)c(OC)c1. The topological polar surface area (TPSA) is 86.5 Å². The molecule has 0 amide bonds. The van der Waals surface area contributed by atoms with Crippen LogP contribution < -0.4 is 14.8 Å². The van der Waals surface area contributed by atoms with E-state index in [1.54, 1.807) is 38.7 Å². The lowest BCUT2D eigenvalue weighted by Crippen LogP contribution is -2.11. The van der Waals surface area contributed by atoms with E-state index in [2.05, 4.69) is 15.3 Å². The minimum atomic E-state index is -4.45. The Bertz CT molecular complexity index is 1660. The first-order valence-corrected chi connectivity index (χ1v) is 12.2. The van der Waals surface area contributed by atoms with Crippen molar-refractivity contribution in [3.63, 3.8) is 0 Å². The van der Waals surface area contributed by atoms with Gasteiger partial charge in [0.05, 0.1) is 26.0 Å². The molecule has 5 aromatic rings. The van der Waals surface area contributed by atoms with Gasteiger partial charge in [0.25, 0.3) is 0 Å². The molecule has 3 aromatic carbocycles. The Hall–Kier alpha value is -4.86. The number of aromatic nitrogens is 2. The number of halogens is 3. The Labute approximate surface area is 227 Å². The third-order valence-electron chi connectivity index (χ3n) is 6.32. The summed E-state index contributed by atoms with van der Waals surface area (Å²) in [4.78, 5) is 22.4. The molecule has 0 saturated heterocycles. The van der Waals surface area contributed by atoms with Gasteiger partial charge in [0.2, 0.25) is 0 Å². The zero-order valence-corrected chi connectivity index (χ0v) is 21.6. The quantitative estimate of drug-likeness (QED) is 0.200. The van der Waals surface area contributed by atoms with E-state index in [0.29, 0.717) is 46.4 Å². The summed E-state index contributed by atoms with van der Waals surface area (Å²) in [7, 11) is 3.13. The maximum atomic E-state index is 13.3. The number of furan rings is 1. The van der Waals surface area contributed by atoms with Gasteiger partial charge in [-0.25, -0.2) is 9.97 Å². The minimum Gasteiger partial charge on any atom is -0.497 e. The fourth-order valence-electron chi connectivity index (χ4n) is 4.19. The molecule has 7 nitrogen and oxygen atoms in total. The van der Waals surface area contributed by atoms with Crippen molar-refractivity contribution in [2.24, 2.45) is 0 Å². The molecule has 1 N–H and O–H groups in total. The molecule has 0 atom stereocenters. The molecule has 2 heterocycles. The number of hydrogen-bond donors (Lipinski definition) is 1. The Morgan fingerprint density at radius 2 is 1.73 bits per heavy atom. The van der Waals surface area contributed by atoms with E-state index < -0.39 is 11.7 Å². The van der Waals surface area contributed by atoms with Gasteiger partial charge in [-0.2, -0.15) is 13.2 Å². The number of methoxy groups -OCH3 is 2. The zero-order valence-electron chi connectivity index (χ0n) is 21.6. The molecular formula is C30H24F3N3O4. The molecule has 2 aromatic heterocycles. The summed E-state index contributed by atoms with van der Waals surface area (Å²) in [5.41, 5.74) is 1.99. The molecule has 0 spiro atoms. The minimum absolute atomic E-state index is 0.124. The van der Waals surface area contributed by atoms with Gasteiger partial charge in [-0.15, -0.1) is 0 Å². The van der Waals surface area contributed by atoms with Crippen LogP contribution in [0.3, 0.4) is 0 Å². The third kappa shape index (κ3) is 5.90. The van der Waals surface area contributed by atoms with Gasteiger partial charge in [-0.3, -0.25) is 4.79 Å². The standard InChI is InChI=1S/C30H24F3N3O4/c1-38-23-9-5-21(27(15-23)39-2)17-34-28-16-24(25(37)13-18-3-7-22(8-4-18)30(31,32)33)35-29(36-28)20-6-10-26-19(14-20)11-12-40-26/h3-12,14-16H,13,17H2,1-2H3,(H,34,35,36). The number of ether oxygens (including phenoxy) is 2. The highest BCUT2D eigenvalue weighted by atomic mass is 19.4. The molecule has 0 aliphatic rings. The summed E-state index contributed by atoms with van der Waals surface area (Å²) < 4.78 is 55.0. The van der Waals surface area contributed by atoms with Crippen LogP contribution in [0.15, 0.2) is 83.5 Å². The van der Waals surface area contributed by atoms with E-state index in [1.165, 1.54) is 18.2 Å². The molecule has 0 aliphatic heterocycles. The summed E-state index contributed by atoms with van der Waals surface area (Å²) in [5, 5.41) is 4.08. The second kappa shape index (κ2) is 11.1. The lowest BCUT2D eigenvalue weighted by Gasteiger charge is -2.13. The van der Waals surface area contributed by atoms with Crippen LogP contribution in [0.5, 0.6) is 11.5 Å². The average Bonchev–Trinajstić information content (AvgIpc) is 3.44. The van der Waals surface area contributed by atoms with Gasteiger partial charge in [-0.05, 0) is 54.1 Å². The molecule has 40 heavy (non-hydrogen) atoms. The molecule has 0 aliphatic carbocycles. The van der Waals surface area contributed by atoms with Crippen LogP contribution in [0.1, 0.15) is 27.2 Å². The van der Waals surface area contributed by atoms with Gasteiger partial charge < -0.3 is 19.2 Å². The molecule has 0 saturated carbocycles. The van der Waals surface area contributed by atoms with Gasteiger partial charge in [0.1, 0.15) is 28.6 Å². The number of carbonyl (C=O) groups is 1. The summed E-state index contributed by atoms with van der Waals surface area (Å²) in [6, 6.07) is 18.7. The summed E-state index contributed by atoms with van der Waals surface area (Å²) in [6.45, 7) is 0.330. The van der Waals surface area contributed by atoms with Crippen LogP contribution in [-0.2, 0) is 19.1 Å². The number of fused-ring (bicyclic) bond motifs is 1. The highest BCUT2D eigenvalue weighted by molar-refractivity contribution is 5.97. The first kappa shape index (κ1) is 26.7. The van der Waals surface area contributed by atoms with Crippen molar-refractivity contribution in [1.29, 1.82) is 0 Å². The molecule has 204 valence electrons.